The summed E-state index contributed by atoms with van der Waals surface area (Å²) in [7, 11) is 1.83. The standard InChI is InChI=1S/C17H25N3O3/c1-12-3-5-17(23,6-4-12)11-20-15(21)8-14(16(20)22)7-13-9-18-19(2)10-13/h9-10,12,14,23H,3-8,11H2,1-2H3. The lowest BCUT2D eigenvalue weighted by molar-refractivity contribution is -0.144. The predicted molar refractivity (Wildman–Crippen MR) is 84.3 cm³/mol. The van der Waals surface area contributed by atoms with Crippen molar-refractivity contribution in [3.63, 3.8) is 0 Å². The van der Waals surface area contributed by atoms with Crippen LogP contribution in [0.4, 0.5) is 0 Å². The molecule has 2 aliphatic rings. The highest BCUT2D eigenvalue weighted by Gasteiger charge is 2.43. The van der Waals surface area contributed by atoms with Crippen LogP contribution in [0.2, 0.25) is 0 Å². The average Bonchev–Trinajstić information content (AvgIpc) is 3.02. The minimum atomic E-state index is -0.902. The van der Waals surface area contributed by atoms with Crippen LogP contribution in [0.3, 0.4) is 0 Å². The summed E-state index contributed by atoms with van der Waals surface area (Å²) < 4.78 is 1.69. The van der Waals surface area contributed by atoms with Crippen LogP contribution in [0.25, 0.3) is 0 Å². The highest BCUT2D eigenvalue weighted by Crippen LogP contribution is 2.34. The van der Waals surface area contributed by atoms with Crippen LogP contribution in [0, 0.1) is 11.8 Å². The number of aliphatic hydroxyl groups is 1. The van der Waals surface area contributed by atoms with Gasteiger partial charge < -0.3 is 5.11 Å². The summed E-state index contributed by atoms with van der Waals surface area (Å²) in [4.78, 5) is 26.1. The van der Waals surface area contributed by atoms with Crippen LogP contribution in [0.5, 0.6) is 0 Å². The first-order valence-corrected chi connectivity index (χ1v) is 8.40. The maximum Gasteiger partial charge on any atom is 0.233 e. The number of aryl methyl sites for hydroxylation is 1. The number of carbonyl (C=O) groups is 2. The summed E-state index contributed by atoms with van der Waals surface area (Å²) in [5.74, 6) is -0.0155. The van der Waals surface area contributed by atoms with E-state index in [1.807, 2.05) is 13.2 Å². The molecule has 1 saturated heterocycles. The van der Waals surface area contributed by atoms with Gasteiger partial charge in [-0.15, -0.1) is 0 Å². The lowest BCUT2D eigenvalue weighted by atomic mass is 9.79. The SMILES string of the molecule is CC1CCC(O)(CN2C(=O)CC(Cc3cnn(C)c3)C2=O)CC1. The molecule has 1 unspecified atom stereocenters. The number of amides is 2. The highest BCUT2D eigenvalue weighted by atomic mass is 16.3. The van der Waals surface area contributed by atoms with Gasteiger partial charge in [0, 0.05) is 19.7 Å². The molecule has 2 fully saturated rings. The molecule has 0 radical (unpaired) electrons. The Balaban J connectivity index is 1.64. The third kappa shape index (κ3) is 3.47. The molecule has 1 saturated carbocycles. The van der Waals surface area contributed by atoms with Crippen molar-refractivity contribution >= 4 is 11.8 Å². The van der Waals surface area contributed by atoms with Gasteiger partial charge >= 0.3 is 0 Å². The second-order valence-electron chi connectivity index (χ2n) is 7.35. The maximum atomic E-state index is 12.6. The Bertz CT molecular complexity index is 602. The molecule has 1 aliphatic heterocycles. The first kappa shape index (κ1) is 16.2. The number of carbonyl (C=O) groups excluding carboxylic acids is 2. The first-order valence-electron chi connectivity index (χ1n) is 8.40. The van der Waals surface area contributed by atoms with Crippen molar-refractivity contribution in [3.05, 3.63) is 18.0 Å². The average molecular weight is 319 g/mol. The van der Waals surface area contributed by atoms with Crippen molar-refractivity contribution in [3.8, 4) is 0 Å². The Morgan fingerprint density at radius 2 is 2.04 bits per heavy atom. The van der Waals surface area contributed by atoms with Crippen LogP contribution < -0.4 is 0 Å². The van der Waals surface area contributed by atoms with E-state index in [4.69, 9.17) is 0 Å². The molecular weight excluding hydrogens is 294 g/mol. The molecule has 2 heterocycles. The first-order chi connectivity index (χ1) is 10.9. The number of rotatable bonds is 4. The Labute approximate surface area is 136 Å². The Morgan fingerprint density at radius 1 is 1.35 bits per heavy atom. The minimum Gasteiger partial charge on any atom is -0.388 e. The molecule has 0 aromatic carbocycles. The summed E-state index contributed by atoms with van der Waals surface area (Å²) in [5, 5.41) is 14.8. The second-order valence-corrected chi connectivity index (χ2v) is 7.35. The number of β-amino-alcohol motifs (C(OH)–C–C–N with tert-alkyl or cyclic N) is 1. The third-order valence-corrected chi connectivity index (χ3v) is 5.24. The molecule has 23 heavy (non-hydrogen) atoms. The second kappa shape index (κ2) is 6.07. The van der Waals surface area contributed by atoms with Crippen molar-refractivity contribution in [2.45, 2.75) is 51.0 Å². The molecule has 1 N–H and O–H groups in total. The quantitative estimate of drug-likeness (QED) is 0.848. The maximum absolute atomic E-state index is 12.6. The van der Waals surface area contributed by atoms with E-state index in [9.17, 15) is 14.7 Å². The lowest BCUT2D eigenvalue weighted by Crippen LogP contribution is -2.47. The van der Waals surface area contributed by atoms with Crippen LogP contribution in [0.15, 0.2) is 12.4 Å². The monoisotopic (exact) mass is 319 g/mol. The highest BCUT2D eigenvalue weighted by molar-refractivity contribution is 6.03. The molecule has 1 atom stereocenters. The van der Waals surface area contributed by atoms with E-state index in [-0.39, 0.29) is 30.7 Å². The third-order valence-electron chi connectivity index (χ3n) is 5.24. The van der Waals surface area contributed by atoms with Crippen LogP contribution >= 0.6 is 0 Å². The van der Waals surface area contributed by atoms with Gasteiger partial charge in [0.1, 0.15) is 0 Å². The largest absolute Gasteiger partial charge is 0.388 e. The number of hydrogen-bond acceptors (Lipinski definition) is 4. The van der Waals surface area contributed by atoms with Crippen molar-refractivity contribution < 1.29 is 14.7 Å². The van der Waals surface area contributed by atoms with E-state index in [1.54, 1.807) is 10.9 Å². The molecule has 1 aromatic rings. The summed E-state index contributed by atoms with van der Waals surface area (Å²) in [5.41, 5.74) is 0.0619. The summed E-state index contributed by atoms with van der Waals surface area (Å²) in [6.45, 7) is 2.33. The molecule has 6 nitrogen and oxygen atoms in total. The van der Waals surface area contributed by atoms with Gasteiger partial charge in [-0.25, -0.2) is 0 Å². The number of nitrogens with zero attached hydrogens (tertiary/aromatic N) is 3. The molecule has 6 heteroatoms. The van der Waals surface area contributed by atoms with E-state index in [1.165, 1.54) is 4.90 Å². The molecule has 126 valence electrons. The van der Waals surface area contributed by atoms with Gasteiger partial charge in [0.25, 0.3) is 0 Å². The Hall–Kier alpha value is -1.69. The zero-order valence-corrected chi connectivity index (χ0v) is 13.9. The Kier molecular flexibility index (Phi) is 4.27. The normalized spacial score (nSPS) is 31.9. The molecule has 3 rings (SSSR count). The van der Waals surface area contributed by atoms with E-state index in [0.29, 0.717) is 25.2 Å². The molecule has 1 aromatic heterocycles. The summed E-state index contributed by atoms with van der Waals surface area (Å²) >= 11 is 0. The summed E-state index contributed by atoms with van der Waals surface area (Å²) in [6.07, 6.45) is 7.60. The topological polar surface area (TPSA) is 75.4 Å². The van der Waals surface area contributed by atoms with Crippen molar-refractivity contribution in [1.82, 2.24) is 14.7 Å². The van der Waals surface area contributed by atoms with Crippen molar-refractivity contribution in [1.29, 1.82) is 0 Å². The molecular formula is C17H25N3O3. The fourth-order valence-corrected chi connectivity index (χ4v) is 3.69. The van der Waals surface area contributed by atoms with Crippen LogP contribution in [0.1, 0.15) is 44.6 Å². The van der Waals surface area contributed by atoms with Gasteiger partial charge in [-0.3, -0.25) is 19.2 Å². The number of hydrogen-bond donors (Lipinski definition) is 1. The lowest BCUT2D eigenvalue weighted by Gasteiger charge is -2.37. The molecule has 0 bridgehead atoms. The molecule has 2 amide bonds. The van der Waals surface area contributed by atoms with Gasteiger partial charge in [0.15, 0.2) is 0 Å². The fraction of sp³-hybridized carbons (Fsp3) is 0.706. The predicted octanol–water partition coefficient (Wildman–Crippen LogP) is 1.28. The molecule has 1 aliphatic carbocycles. The number of aromatic nitrogens is 2. The van der Waals surface area contributed by atoms with Gasteiger partial charge in [-0.1, -0.05) is 6.92 Å². The van der Waals surface area contributed by atoms with Crippen LogP contribution in [-0.2, 0) is 23.1 Å². The minimum absolute atomic E-state index is 0.147. The van der Waals surface area contributed by atoms with Gasteiger partial charge in [0.2, 0.25) is 11.8 Å². The smallest absolute Gasteiger partial charge is 0.233 e. The molecule has 0 spiro atoms. The van der Waals surface area contributed by atoms with Crippen molar-refractivity contribution in [2.24, 2.45) is 18.9 Å². The zero-order valence-electron chi connectivity index (χ0n) is 13.9. The summed E-state index contributed by atoms with van der Waals surface area (Å²) in [6, 6.07) is 0. The van der Waals surface area contributed by atoms with E-state index in [2.05, 4.69) is 12.0 Å². The van der Waals surface area contributed by atoms with E-state index in [0.717, 1.165) is 18.4 Å². The van der Waals surface area contributed by atoms with Gasteiger partial charge in [0.05, 0.1) is 24.3 Å². The number of likely N-dealkylation sites (tertiary alicyclic amines) is 1. The van der Waals surface area contributed by atoms with Gasteiger partial charge in [-0.05, 0) is 43.6 Å². The van der Waals surface area contributed by atoms with Gasteiger partial charge in [-0.2, -0.15) is 5.10 Å². The van der Waals surface area contributed by atoms with E-state index < -0.39 is 5.60 Å². The van der Waals surface area contributed by atoms with Crippen molar-refractivity contribution in [2.75, 3.05) is 6.54 Å². The zero-order chi connectivity index (χ0) is 16.6. The fourth-order valence-electron chi connectivity index (χ4n) is 3.69. The number of imide groups is 1. The van der Waals surface area contributed by atoms with Crippen LogP contribution in [-0.4, -0.2) is 43.7 Å². The van der Waals surface area contributed by atoms with E-state index >= 15 is 0 Å². The Morgan fingerprint density at radius 3 is 2.65 bits per heavy atom.